The molecule has 1 aliphatic carbocycles. The SMILES string of the molecule is CC1=Cc2ccc(Cl)cc2C(c2ccc(N)c(C)c2)=NN1C(=O)NC1CC1. The summed E-state index contributed by atoms with van der Waals surface area (Å²) in [6, 6.07) is 11.5. The van der Waals surface area contributed by atoms with E-state index in [2.05, 4.69) is 5.32 Å². The normalized spacial score (nSPS) is 16.2. The fourth-order valence-corrected chi connectivity index (χ4v) is 3.26. The average molecular weight is 381 g/mol. The Morgan fingerprint density at radius 3 is 2.70 bits per heavy atom. The molecule has 2 aromatic rings. The monoisotopic (exact) mass is 380 g/mol. The number of urea groups is 1. The lowest BCUT2D eigenvalue weighted by molar-refractivity contribution is 0.213. The molecule has 4 rings (SSSR count). The topological polar surface area (TPSA) is 70.7 Å². The van der Waals surface area contributed by atoms with Gasteiger partial charge in [0, 0.05) is 33.6 Å². The first-order valence-corrected chi connectivity index (χ1v) is 9.34. The predicted octanol–water partition coefficient (Wildman–Crippen LogP) is 4.53. The number of anilines is 1. The van der Waals surface area contributed by atoms with E-state index in [1.807, 2.05) is 56.3 Å². The molecule has 0 saturated heterocycles. The minimum atomic E-state index is -0.213. The largest absolute Gasteiger partial charge is 0.399 e. The van der Waals surface area contributed by atoms with Crippen molar-refractivity contribution >= 4 is 35.1 Å². The summed E-state index contributed by atoms with van der Waals surface area (Å²) < 4.78 is 0. The fourth-order valence-electron chi connectivity index (χ4n) is 3.08. The van der Waals surface area contributed by atoms with E-state index >= 15 is 0 Å². The summed E-state index contributed by atoms with van der Waals surface area (Å²) >= 11 is 6.26. The van der Waals surface area contributed by atoms with Crippen LogP contribution in [0.15, 0.2) is 47.2 Å². The Bertz CT molecular complexity index is 992. The van der Waals surface area contributed by atoms with E-state index in [4.69, 9.17) is 22.4 Å². The standard InChI is InChI=1S/C21H21ClN4O/c1-12-9-15(4-8-19(12)23)20-18-11-16(22)5-3-14(18)10-13(2)26(25-20)21(27)24-17-6-7-17/h3-5,8-11,17H,6-7,23H2,1-2H3,(H,24,27). The molecule has 0 atom stereocenters. The van der Waals surface area contributed by atoms with Crippen molar-refractivity contribution in [1.82, 2.24) is 10.3 Å². The van der Waals surface area contributed by atoms with Gasteiger partial charge < -0.3 is 11.1 Å². The van der Waals surface area contributed by atoms with Crippen LogP contribution in [-0.4, -0.2) is 22.8 Å². The van der Waals surface area contributed by atoms with Gasteiger partial charge in [-0.05, 0) is 68.2 Å². The number of nitrogens with zero attached hydrogens (tertiary/aromatic N) is 2. The van der Waals surface area contributed by atoms with Crippen molar-refractivity contribution in [2.45, 2.75) is 32.7 Å². The molecule has 1 heterocycles. The van der Waals surface area contributed by atoms with Gasteiger partial charge in [-0.25, -0.2) is 4.79 Å². The molecule has 0 aromatic heterocycles. The summed E-state index contributed by atoms with van der Waals surface area (Å²) in [6.07, 6.45) is 4.00. The number of carbonyl (C=O) groups is 1. The molecule has 3 N–H and O–H groups in total. The highest BCUT2D eigenvalue weighted by Gasteiger charge is 2.28. The van der Waals surface area contributed by atoms with Crippen LogP contribution in [0, 0.1) is 6.92 Å². The van der Waals surface area contributed by atoms with Gasteiger partial charge in [0.05, 0.1) is 5.71 Å². The number of halogens is 1. The van der Waals surface area contributed by atoms with Gasteiger partial charge in [0.15, 0.2) is 0 Å². The van der Waals surface area contributed by atoms with Crippen molar-refractivity contribution in [3.8, 4) is 0 Å². The number of allylic oxidation sites excluding steroid dienone is 1. The second-order valence-corrected chi connectivity index (χ2v) is 7.51. The summed E-state index contributed by atoms with van der Waals surface area (Å²) in [5, 5.41) is 9.80. The molecule has 2 aliphatic rings. The number of fused-ring (bicyclic) bond motifs is 1. The van der Waals surface area contributed by atoms with E-state index in [0.717, 1.165) is 46.5 Å². The van der Waals surface area contributed by atoms with E-state index in [1.165, 1.54) is 5.01 Å². The van der Waals surface area contributed by atoms with Crippen molar-refractivity contribution in [3.05, 3.63) is 69.4 Å². The molecule has 1 saturated carbocycles. The molecular formula is C21H21ClN4O. The highest BCUT2D eigenvalue weighted by molar-refractivity contribution is 6.31. The first-order chi connectivity index (χ1) is 12.9. The number of nitrogens with one attached hydrogen (secondary N) is 1. The number of carbonyl (C=O) groups excluding carboxylic acids is 1. The fraction of sp³-hybridized carbons (Fsp3) is 0.238. The molecule has 27 heavy (non-hydrogen) atoms. The smallest absolute Gasteiger partial charge is 0.342 e. The quantitative estimate of drug-likeness (QED) is 0.751. The van der Waals surface area contributed by atoms with E-state index in [-0.39, 0.29) is 12.1 Å². The van der Waals surface area contributed by atoms with Crippen molar-refractivity contribution in [2.75, 3.05) is 5.73 Å². The van der Waals surface area contributed by atoms with Crippen LogP contribution < -0.4 is 11.1 Å². The van der Waals surface area contributed by atoms with Crippen LogP contribution in [0.2, 0.25) is 5.02 Å². The highest BCUT2D eigenvalue weighted by atomic mass is 35.5. The lowest BCUT2D eigenvalue weighted by Gasteiger charge is -2.19. The maximum atomic E-state index is 12.7. The van der Waals surface area contributed by atoms with Crippen molar-refractivity contribution in [1.29, 1.82) is 0 Å². The van der Waals surface area contributed by atoms with Crippen LogP contribution in [0.5, 0.6) is 0 Å². The van der Waals surface area contributed by atoms with E-state index in [0.29, 0.717) is 10.7 Å². The molecule has 1 aliphatic heterocycles. The van der Waals surface area contributed by atoms with Gasteiger partial charge >= 0.3 is 6.03 Å². The molecule has 2 amide bonds. The summed E-state index contributed by atoms with van der Waals surface area (Å²) in [7, 11) is 0. The highest BCUT2D eigenvalue weighted by Crippen LogP contribution is 2.28. The van der Waals surface area contributed by atoms with Gasteiger partial charge in [0.2, 0.25) is 0 Å². The Balaban J connectivity index is 1.87. The summed E-state index contributed by atoms with van der Waals surface area (Å²) in [5.74, 6) is 0. The van der Waals surface area contributed by atoms with Crippen molar-refractivity contribution in [2.24, 2.45) is 5.10 Å². The molecule has 5 nitrogen and oxygen atoms in total. The van der Waals surface area contributed by atoms with Crippen LogP contribution in [0.4, 0.5) is 10.5 Å². The summed E-state index contributed by atoms with van der Waals surface area (Å²) in [5.41, 5.74) is 11.8. The number of nitrogen functional groups attached to an aromatic ring is 1. The maximum absolute atomic E-state index is 12.7. The molecule has 1 fully saturated rings. The Kier molecular flexibility index (Phi) is 4.40. The van der Waals surface area contributed by atoms with Gasteiger partial charge in [-0.2, -0.15) is 10.1 Å². The zero-order chi connectivity index (χ0) is 19.1. The molecular weight excluding hydrogens is 360 g/mol. The molecule has 2 aromatic carbocycles. The summed E-state index contributed by atoms with van der Waals surface area (Å²) in [6.45, 7) is 3.83. The molecule has 0 unspecified atom stereocenters. The minimum Gasteiger partial charge on any atom is -0.399 e. The second kappa shape index (κ2) is 6.74. The Morgan fingerprint density at radius 1 is 1.22 bits per heavy atom. The number of hydrogen-bond donors (Lipinski definition) is 2. The Labute approximate surface area is 163 Å². The van der Waals surface area contributed by atoms with Crippen LogP contribution in [0.3, 0.4) is 0 Å². The van der Waals surface area contributed by atoms with E-state index in [9.17, 15) is 4.79 Å². The van der Waals surface area contributed by atoms with Crippen LogP contribution in [0.1, 0.15) is 42.0 Å². The zero-order valence-corrected chi connectivity index (χ0v) is 16.0. The predicted molar refractivity (Wildman–Crippen MR) is 110 cm³/mol. The number of nitrogens with two attached hydrogens (primary N) is 1. The van der Waals surface area contributed by atoms with Crippen LogP contribution >= 0.6 is 11.6 Å². The van der Waals surface area contributed by atoms with Gasteiger partial charge in [-0.15, -0.1) is 0 Å². The number of hydrogen-bond acceptors (Lipinski definition) is 3. The number of benzene rings is 2. The Hall–Kier alpha value is -2.79. The molecule has 0 bridgehead atoms. The first kappa shape index (κ1) is 17.6. The van der Waals surface area contributed by atoms with E-state index in [1.54, 1.807) is 0 Å². The zero-order valence-electron chi connectivity index (χ0n) is 15.3. The molecule has 6 heteroatoms. The molecule has 0 radical (unpaired) electrons. The average Bonchev–Trinajstić information content (AvgIpc) is 3.44. The van der Waals surface area contributed by atoms with Crippen LogP contribution in [-0.2, 0) is 0 Å². The van der Waals surface area contributed by atoms with Gasteiger partial charge in [0.1, 0.15) is 0 Å². The van der Waals surface area contributed by atoms with Crippen molar-refractivity contribution < 1.29 is 4.79 Å². The maximum Gasteiger partial charge on any atom is 0.342 e. The van der Waals surface area contributed by atoms with Gasteiger partial charge in [-0.1, -0.05) is 23.7 Å². The minimum absolute atomic E-state index is 0.213. The first-order valence-electron chi connectivity index (χ1n) is 8.96. The van der Waals surface area contributed by atoms with Crippen molar-refractivity contribution in [3.63, 3.8) is 0 Å². The third-order valence-corrected chi connectivity index (χ3v) is 5.04. The lowest BCUT2D eigenvalue weighted by Crippen LogP contribution is -2.37. The number of aryl methyl sites for hydroxylation is 1. The Morgan fingerprint density at radius 2 is 2.00 bits per heavy atom. The summed E-state index contributed by atoms with van der Waals surface area (Å²) in [4.78, 5) is 12.7. The lowest BCUT2D eigenvalue weighted by atomic mass is 9.96. The second-order valence-electron chi connectivity index (χ2n) is 7.07. The van der Waals surface area contributed by atoms with Gasteiger partial charge in [0.25, 0.3) is 0 Å². The molecule has 0 spiro atoms. The van der Waals surface area contributed by atoms with E-state index < -0.39 is 0 Å². The van der Waals surface area contributed by atoms with Crippen LogP contribution in [0.25, 0.3) is 6.08 Å². The number of rotatable bonds is 2. The molecule has 138 valence electrons. The van der Waals surface area contributed by atoms with Gasteiger partial charge in [-0.3, -0.25) is 0 Å². The number of amides is 2. The third kappa shape index (κ3) is 3.55. The number of hydrazone groups is 1. The third-order valence-electron chi connectivity index (χ3n) is 4.81.